The number of nitrogens with one attached hydrogen (secondary N) is 1. The highest BCUT2D eigenvalue weighted by molar-refractivity contribution is 5.89. The van der Waals surface area contributed by atoms with Gasteiger partial charge in [0.15, 0.2) is 0 Å². The molecular formula is C21H24N2O3. The van der Waals surface area contributed by atoms with Crippen LogP contribution in [0, 0.1) is 11.8 Å². The van der Waals surface area contributed by atoms with Gasteiger partial charge in [0.05, 0.1) is 31.1 Å². The molecule has 4 atom stereocenters. The van der Waals surface area contributed by atoms with Gasteiger partial charge in [-0.25, -0.2) is 4.79 Å². The highest BCUT2D eigenvalue weighted by Gasteiger charge is 2.46. The van der Waals surface area contributed by atoms with E-state index in [2.05, 4.69) is 41.1 Å². The second kappa shape index (κ2) is 5.88. The first-order chi connectivity index (χ1) is 12.7. The van der Waals surface area contributed by atoms with Gasteiger partial charge in [0.2, 0.25) is 0 Å². The Kier molecular flexibility index (Phi) is 3.60. The molecule has 0 saturated carbocycles. The van der Waals surface area contributed by atoms with Gasteiger partial charge in [-0.05, 0) is 31.4 Å². The molecule has 1 aromatic heterocycles. The molecule has 0 aliphatic carbocycles. The molecule has 26 heavy (non-hydrogen) atoms. The van der Waals surface area contributed by atoms with Crippen molar-refractivity contribution < 1.29 is 14.3 Å². The number of ether oxygens (including phenoxy) is 2. The number of hydrogen-bond acceptors (Lipinski definition) is 4. The van der Waals surface area contributed by atoms with Crippen LogP contribution in [0.4, 0.5) is 0 Å². The van der Waals surface area contributed by atoms with Crippen molar-refractivity contribution in [1.29, 1.82) is 0 Å². The van der Waals surface area contributed by atoms with Crippen LogP contribution in [0.15, 0.2) is 36.1 Å². The van der Waals surface area contributed by atoms with Crippen LogP contribution in [0.3, 0.4) is 0 Å². The first-order valence-electron chi connectivity index (χ1n) is 9.44. The number of H-pyrrole nitrogens is 1. The van der Waals surface area contributed by atoms with Gasteiger partial charge in [-0.3, -0.25) is 4.90 Å². The molecule has 2 aromatic rings. The summed E-state index contributed by atoms with van der Waals surface area (Å²) in [5.74, 6) is 0.258. The number of methoxy groups -OCH3 is 1. The van der Waals surface area contributed by atoms with Crippen LogP contribution >= 0.6 is 0 Å². The van der Waals surface area contributed by atoms with Crippen molar-refractivity contribution in [2.24, 2.45) is 11.8 Å². The van der Waals surface area contributed by atoms with Gasteiger partial charge < -0.3 is 14.5 Å². The van der Waals surface area contributed by atoms with Gasteiger partial charge in [0, 0.05) is 41.5 Å². The number of rotatable bonds is 1. The highest BCUT2D eigenvalue weighted by atomic mass is 16.5. The summed E-state index contributed by atoms with van der Waals surface area (Å²) in [4.78, 5) is 18.5. The summed E-state index contributed by atoms with van der Waals surface area (Å²) in [6, 6.07) is 8.88. The zero-order valence-electron chi connectivity index (χ0n) is 15.2. The summed E-state index contributed by atoms with van der Waals surface area (Å²) in [7, 11) is 1.45. The van der Waals surface area contributed by atoms with Crippen LogP contribution in [-0.4, -0.2) is 42.2 Å². The summed E-state index contributed by atoms with van der Waals surface area (Å²) < 4.78 is 10.8. The molecule has 5 nitrogen and oxygen atoms in total. The lowest BCUT2D eigenvalue weighted by Gasteiger charge is -2.49. The monoisotopic (exact) mass is 352 g/mol. The van der Waals surface area contributed by atoms with Crippen LogP contribution in [0.25, 0.3) is 10.9 Å². The molecule has 136 valence electrons. The molecule has 1 saturated heterocycles. The molecule has 0 radical (unpaired) electrons. The number of aromatic nitrogens is 1. The van der Waals surface area contributed by atoms with E-state index in [4.69, 9.17) is 9.47 Å². The zero-order chi connectivity index (χ0) is 17.8. The summed E-state index contributed by atoms with van der Waals surface area (Å²) in [5.41, 5.74) is 4.69. The maximum atomic E-state index is 12.3. The van der Waals surface area contributed by atoms with E-state index in [1.807, 2.05) is 0 Å². The molecule has 0 spiro atoms. The third-order valence-electron chi connectivity index (χ3n) is 6.54. The van der Waals surface area contributed by atoms with E-state index < -0.39 is 0 Å². The van der Waals surface area contributed by atoms with Crippen molar-refractivity contribution in [3.8, 4) is 0 Å². The molecule has 4 heterocycles. The highest BCUT2D eigenvalue weighted by Crippen LogP contribution is 2.47. The molecule has 0 amide bonds. The first kappa shape index (κ1) is 15.9. The number of para-hydroxylation sites is 1. The fourth-order valence-corrected chi connectivity index (χ4v) is 5.19. The Labute approximate surface area is 153 Å². The summed E-state index contributed by atoms with van der Waals surface area (Å²) >= 11 is 0. The third-order valence-corrected chi connectivity index (χ3v) is 6.54. The first-order valence-corrected chi connectivity index (χ1v) is 9.44. The standard InChI is InChI=1S/C21H24N2O3/c1-12-16-10-23-8-7-14-13-5-3-4-6-18(13)22-20(14)19(23)9-15(16)17(11-26-12)21(24)25-2/h3-6,11-12,15-16,19,22H,7-10H2,1-2H3/t12-,15-,16-,19-/m0/s1. The van der Waals surface area contributed by atoms with Gasteiger partial charge in [0.1, 0.15) is 0 Å². The maximum Gasteiger partial charge on any atom is 0.337 e. The molecule has 0 bridgehead atoms. The molecule has 0 unspecified atom stereocenters. The predicted octanol–water partition coefficient (Wildman–Crippen LogP) is 3.18. The molecule has 5 heteroatoms. The minimum absolute atomic E-state index is 0.124. The fourth-order valence-electron chi connectivity index (χ4n) is 5.19. The lowest BCUT2D eigenvalue weighted by atomic mass is 9.72. The Morgan fingerprint density at radius 1 is 1.35 bits per heavy atom. The van der Waals surface area contributed by atoms with E-state index in [-0.39, 0.29) is 18.0 Å². The smallest absolute Gasteiger partial charge is 0.337 e. The summed E-state index contributed by atoms with van der Waals surface area (Å²) in [5, 5.41) is 1.34. The lowest BCUT2D eigenvalue weighted by molar-refractivity contribution is -0.139. The lowest BCUT2D eigenvalue weighted by Crippen LogP contribution is -2.51. The third kappa shape index (κ3) is 2.23. The van der Waals surface area contributed by atoms with Crippen LogP contribution in [0.2, 0.25) is 0 Å². The van der Waals surface area contributed by atoms with E-state index in [9.17, 15) is 4.79 Å². The normalized spacial score (nSPS) is 30.6. The van der Waals surface area contributed by atoms with E-state index >= 15 is 0 Å². The Hall–Kier alpha value is -2.27. The maximum absolute atomic E-state index is 12.3. The Bertz CT molecular complexity index is 900. The van der Waals surface area contributed by atoms with E-state index in [0.29, 0.717) is 17.5 Å². The quantitative estimate of drug-likeness (QED) is 0.801. The minimum atomic E-state index is -0.256. The van der Waals surface area contributed by atoms with Crippen LogP contribution in [-0.2, 0) is 20.7 Å². The molecule has 1 N–H and O–H groups in total. The number of fused-ring (bicyclic) bond motifs is 6. The summed E-state index contributed by atoms with van der Waals surface area (Å²) in [6.45, 7) is 4.13. The van der Waals surface area contributed by atoms with Gasteiger partial charge >= 0.3 is 5.97 Å². The van der Waals surface area contributed by atoms with Crippen LogP contribution in [0.1, 0.15) is 30.6 Å². The Morgan fingerprint density at radius 3 is 3.04 bits per heavy atom. The summed E-state index contributed by atoms with van der Waals surface area (Å²) in [6.07, 6.45) is 3.77. The zero-order valence-corrected chi connectivity index (χ0v) is 15.2. The second-order valence-corrected chi connectivity index (χ2v) is 7.74. The average molecular weight is 352 g/mol. The van der Waals surface area contributed by atoms with Crippen LogP contribution < -0.4 is 0 Å². The van der Waals surface area contributed by atoms with Gasteiger partial charge in [-0.15, -0.1) is 0 Å². The number of hydrogen-bond donors (Lipinski definition) is 1. The average Bonchev–Trinajstić information content (AvgIpc) is 3.06. The van der Waals surface area contributed by atoms with Gasteiger partial charge in [-0.1, -0.05) is 18.2 Å². The Balaban J connectivity index is 1.55. The SMILES string of the molecule is COC(=O)C1=CO[C@@H](C)[C@@H]2CN3CCc4c([nH]c5ccccc45)[C@@H]3C[C@H]12. The van der Waals surface area contributed by atoms with Crippen molar-refractivity contribution in [2.75, 3.05) is 20.2 Å². The molecular weight excluding hydrogens is 328 g/mol. The minimum Gasteiger partial charge on any atom is -0.497 e. The molecule has 1 aromatic carbocycles. The number of carbonyl (C=O) groups excluding carboxylic acids is 1. The second-order valence-electron chi connectivity index (χ2n) is 7.74. The largest absolute Gasteiger partial charge is 0.497 e. The number of esters is 1. The van der Waals surface area contributed by atoms with Gasteiger partial charge in [0.25, 0.3) is 0 Å². The van der Waals surface area contributed by atoms with E-state index in [0.717, 1.165) is 25.9 Å². The number of aromatic amines is 1. The van der Waals surface area contributed by atoms with Crippen molar-refractivity contribution in [2.45, 2.75) is 31.9 Å². The molecule has 3 aliphatic heterocycles. The topological polar surface area (TPSA) is 54.6 Å². The molecule has 1 fully saturated rings. The van der Waals surface area contributed by atoms with E-state index in [1.54, 1.807) is 6.26 Å². The Morgan fingerprint density at radius 2 is 2.19 bits per heavy atom. The van der Waals surface area contributed by atoms with Crippen molar-refractivity contribution in [3.63, 3.8) is 0 Å². The van der Waals surface area contributed by atoms with Crippen molar-refractivity contribution >= 4 is 16.9 Å². The van der Waals surface area contributed by atoms with Crippen molar-refractivity contribution in [3.05, 3.63) is 47.4 Å². The van der Waals surface area contributed by atoms with Crippen molar-refractivity contribution in [1.82, 2.24) is 9.88 Å². The van der Waals surface area contributed by atoms with Gasteiger partial charge in [-0.2, -0.15) is 0 Å². The number of carbonyl (C=O) groups is 1. The molecule has 3 aliphatic rings. The number of piperidine rings is 1. The molecule has 5 rings (SSSR count). The fraction of sp³-hybridized carbons (Fsp3) is 0.476. The number of benzene rings is 1. The van der Waals surface area contributed by atoms with E-state index in [1.165, 1.54) is 29.3 Å². The number of nitrogens with zero attached hydrogens (tertiary/aromatic N) is 1. The van der Waals surface area contributed by atoms with Crippen LogP contribution in [0.5, 0.6) is 0 Å². The predicted molar refractivity (Wildman–Crippen MR) is 98.6 cm³/mol.